The maximum Gasteiger partial charge on any atom is 0.287 e. The average molecular weight is 425 g/mol. The molecule has 1 heterocycles. The average Bonchev–Trinajstić information content (AvgIpc) is 3.27. The lowest BCUT2D eigenvalue weighted by atomic mass is 10.2. The molecule has 0 aliphatic heterocycles. The number of rotatable bonds is 11. The van der Waals surface area contributed by atoms with Crippen LogP contribution in [0.1, 0.15) is 35.7 Å². The summed E-state index contributed by atoms with van der Waals surface area (Å²) in [5.74, 6) is 3.17. The highest BCUT2D eigenvalue weighted by Crippen LogP contribution is 2.28. The first-order chi connectivity index (χ1) is 15.1. The number of nitrogens with one attached hydrogen (secondary N) is 1. The minimum Gasteiger partial charge on any atom is -0.497 e. The Morgan fingerprint density at radius 3 is 2.45 bits per heavy atom. The summed E-state index contributed by atoms with van der Waals surface area (Å²) in [4.78, 5) is 12.5. The summed E-state index contributed by atoms with van der Waals surface area (Å²) >= 11 is 0. The van der Waals surface area contributed by atoms with Gasteiger partial charge in [0.1, 0.15) is 23.9 Å². The Morgan fingerprint density at radius 2 is 1.68 bits per heavy atom. The fourth-order valence-electron chi connectivity index (χ4n) is 2.90. The summed E-state index contributed by atoms with van der Waals surface area (Å²) < 4.78 is 27.7. The van der Waals surface area contributed by atoms with Gasteiger partial charge >= 0.3 is 0 Å². The molecule has 31 heavy (non-hydrogen) atoms. The number of ether oxygens (including phenoxy) is 4. The van der Waals surface area contributed by atoms with Crippen molar-refractivity contribution in [3.63, 3.8) is 0 Å². The van der Waals surface area contributed by atoms with Crippen LogP contribution in [0.2, 0.25) is 0 Å². The van der Waals surface area contributed by atoms with E-state index in [1.807, 2.05) is 50.2 Å². The van der Waals surface area contributed by atoms with E-state index in [0.717, 1.165) is 5.56 Å². The SMILES string of the molecule is CCOc1ccc(CNC(=O)c2ccc(COc3cccc(OC)c3)o2)cc1OCC. The summed E-state index contributed by atoms with van der Waals surface area (Å²) in [6.07, 6.45) is 0. The summed E-state index contributed by atoms with van der Waals surface area (Å²) in [6.45, 7) is 5.46. The number of hydrogen-bond donors (Lipinski definition) is 1. The van der Waals surface area contributed by atoms with Gasteiger partial charge in [0.2, 0.25) is 0 Å². The molecule has 0 fully saturated rings. The Hall–Kier alpha value is -3.61. The van der Waals surface area contributed by atoms with Crippen molar-refractivity contribution in [1.82, 2.24) is 5.32 Å². The summed E-state index contributed by atoms with van der Waals surface area (Å²) in [5.41, 5.74) is 0.897. The smallest absolute Gasteiger partial charge is 0.287 e. The molecule has 0 radical (unpaired) electrons. The van der Waals surface area contributed by atoms with E-state index in [4.69, 9.17) is 23.4 Å². The molecule has 3 aromatic rings. The Balaban J connectivity index is 1.55. The normalized spacial score (nSPS) is 10.4. The second kappa shape index (κ2) is 11.0. The predicted molar refractivity (Wildman–Crippen MR) is 116 cm³/mol. The van der Waals surface area contributed by atoms with Crippen molar-refractivity contribution >= 4 is 5.91 Å². The fraction of sp³-hybridized carbons (Fsp3) is 0.292. The third kappa shape index (κ3) is 6.18. The number of methoxy groups -OCH3 is 1. The van der Waals surface area contributed by atoms with Gasteiger partial charge in [-0.15, -0.1) is 0 Å². The van der Waals surface area contributed by atoms with Gasteiger partial charge in [0.15, 0.2) is 17.3 Å². The van der Waals surface area contributed by atoms with E-state index in [2.05, 4.69) is 5.32 Å². The molecule has 0 aliphatic carbocycles. The van der Waals surface area contributed by atoms with Crippen molar-refractivity contribution < 1.29 is 28.2 Å². The zero-order chi connectivity index (χ0) is 22.1. The van der Waals surface area contributed by atoms with Gasteiger partial charge in [0.05, 0.1) is 20.3 Å². The van der Waals surface area contributed by atoms with Crippen LogP contribution >= 0.6 is 0 Å². The van der Waals surface area contributed by atoms with Crippen molar-refractivity contribution in [3.8, 4) is 23.0 Å². The molecule has 0 spiro atoms. The Kier molecular flexibility index (Phi) is 7.81. The first-order valence-electron chi connectivity index (χ1n) is 10.1. The molecule has 0 bridgehead atoms. The van der Waals surface area contributed by atoms with E-state index in [1.54, 1.807) is 25.3 Å². The molecular formula is C24H27NO6. The number of carbonyl (C=O) groups excluding carboxylic acids is 1. The second-order valence-electron chi connectivity index (χ2n) is 6.56. The lowest BCUT2D eigenvalue weighted by molar-refractivity contribution is 0.0919. The van der Waals surface area contributed by atoms with Crippen LogP contribution in [0.3, 0.4) is 0 Å². The Labute approximate surface area is 181 Å². The maximum atomic E-state index is 12.5. The number of benzene rings is 2. The minimum absolute atomic E-state index is 0.205. The van der Waals surface area contributed by atoms with Crippen LogP contribution in [-0.2, 0) is 13.2 Å². The maximum absolute atomic E-state index is 12.5. The van der Waals surface area contributed by atoms with E-state index in [1.165, 1.54) is 0 Å². The Bertz CT molecular complexity index is 997. The largest absolute Gasteiger partial charge is 0.497 e. The van der Waals surface area contributed by atoms with Crippen LogP contribution in [0, 0.1) is 0 Å². The lowest BCUT2D eigenvalue weighted by Crippen LogP contribution is -2.22. The lowest BCUT2D eigenvalue weighted by Gasteiger charge is -2.12. The molecule has 1 aromatic heterocycles. The monoisotopic (exact) mass is 425 g/mol. The highest BCUT2D eigenvalue weighted by Gasteiger charge is 2.13. The van der Waals surface area contributed by atoms with E-state index in [9.17, 15) is 4.79 Å². The molecule has 1 N–H and O–H groups in total. The molecule has 0 saturated carbocycles. The molecule has 0 saturated heterocycles. The van der Waals surface area contributed by atoms with Gasteiger partial charge < -0.3 is 28.7 Å². The molecule has 7 heteroatoms. The summed E-state index contributed by atoms with van der Waals surface area (Å²) in [6, 6.07) is 16.2. The first kappa shape index (κ1) is 22.1. The summed E-state index contributed by atoms with van der Waals surface area (Å²) in [7, 11) is 1.60. The van der Waals surface area contributed by atoms with E-state index in [0.29, 0.717) is 48.5 Å². The highest BCUT2D eigenvalue weighted by atomic mass is 16.5. The van der Waals surface area contributed by atoms with Crippen molar-refractivity contribution in [2.24, 2.45) is 0 Å². The second-order valence-corrected chi connectivity index (χ2v) is 6.56. The van der Waals surface area contributed by atoms with Crippen LogP contribution in [0.4, 0.5) is 0 Å². The predicted octanol–water partition coefficient (Wildman–Crippen LogP) is 4.59. The molecular weight excluding hydrogens is 398 g/mol. The van der Waals surface area contributed by atoms with Gasteiger partial charge in [-0.3, -0.25) is 4.79 Å². The molecule has 3 rings (SSSR count). The van der Waals surface area contributed by atoms with Gasteiger partial charge in [-0.05, 0) is 55.8 Å². The van der Waals surface area contributed by atoms with Crippen LogP contribution in [0.5, 0.6) is 23.0 Å². The van der Waals surface area contributed by atoms with Crippen LogP contribution in [-0.4, -0.2) is 26.2 Å². The van der Waals surface area contributed by atoms with Crippen molar-refractivity contribution in [1.29, 1.82) is 0 Å². The third-order valence-corrected chi connectivity index (χ3v) is 4.37. The van der Waals surface area contributed by atoms with Gasteiger partial charge in [0.25, 0.3) is 5.91 Å². The fourth-order valence-corrected chi connectivity index (χ4v) is 2.90. The number of amides is 1. The standard InChI is InChI=1S/C24H27NO6/c1-4-28-21-11-9-17(13-23(21)29-5-2)15-25-24(26)22-12-10-20(31-22)16-30-19-8-6-7-18(14-19)27-3/h6-14H,4-5,15-16H2,1-3H3,(H,25,26). The zero-order valence-electron chi connectivity index (χ0n) is 18.0. The molecule has 0 atom stereocenters. The van der Waals surface area contributed by atoms with E-state index < -0.39 is 0 Å². The minimum atomic E-state index is -0.306. The van der Waals surface area contributed by atoms with Crippen LogP contribution < -0.4 is 24.3 Å². The van der Waals surface area contributed by atoms with Crippen molar-refractivity contribution in [3.05, 3.63) is 71.7 Å². The number of hydrogen-bond acceptors (Lipinski definition) is 6. The van der Waals surface area contributed by atoms with E-state index >= 15 is 0 Å². The van der Waals surface area contributed by atoms with Crippen molar-refractivity contribution in [2.75, 3.05) is 20.3 Å². The first-order valence-corrected chi connectivity index (χ1v) is 10.1. The molecule has 2 aromatic carbocycles. The molecule has 0 aliphatic rings. The molecule has 0 unspecified atom stereocenters. The quantitative estimate of drug-likeness (QED) is 0.484. The van der Waals surface area contributed by atoms with E-state index in [-0.39, 0.29) is 18.3 Å². The molecule has 7 nitrogen and oxygen atoms in total. The van der Waals surface area contributed by atoms with Crippen LogP contribution in [0.25, 0.3) is 0 Å². The Morgan fingerprint density at radius 1 is 0.903 bits per heavy atom. The number of furan rings is 1. The van der Waals surface area contributed by atoms with Crippen molar-refractivity contribution in [2.45, 2.75) is 27.0 Å². The van der Waals surface area contributed by atoms with Gasteiger partial charge in [-0.2, -0.15) is 0 Å². The third-order valence-electron chi connectivity index (χ3n) is 4.37. The van der Waals surface area contributed by atoms with Crippen LogP contribution in [0.15, 0.2) is 59.0 Å². The summed E-state index contributed by atoms with van der Waals surface area (Å²) in [5, 5.41) is 2.85. The molecule has 1 amide bonds. The number of carbonyl (C=O) groups is 1. The highest BCUT2D eigenvalue weighted by molar-refractivity contribution is 5.91. The van der Waals surface area contributed by atoms with Gasteiger partial charge in [-0.25, -0.2) is 0 Å². The van der Waals surface area contributed by atoms with Gasteiger partial charge in [-0.1, -0.05) is 12.1 Å². The zero-order valence-corrected chi connectivity index (χ0v) is 18.0. The molecule has 164 valence electrons. The van der Waals surface area contributed by atoms with Gasteiger partial charge in [0, 0.05) is 12.6 Å². The topological polar surface area (TPSA) is 79.2 Å².